The van der Waals surface area contributed by atoms with Crippen LogP contribution in [0.1, 0.15) is 21.5 Å². The standard InChI is InChI=1S/C17H14F2O2/c1-21-17(20)14-9-5-6-12(10-14)11-15(16(18)19)13-7-3-2-4-8-13/h2-10H,11H2,1H3. The van der Waals surface area contributed by atoms with Gasteiger partial charge in [0.2, 0.25) is 0 Å². The lowest BCUT2D eigenvalue weighted by Crippen LogP contribution is -2.02. The Morgan fingerprint density at radius 1 is 1.00 bits per heavy atom. The van der Waals surface area contributed by atoms with Crippen LogP contribution in [-0.4, -0.2) is 13.1 Å². The van der Waals surface area contributed by atoms with Crippen molar-refractivity contribution in [1.29, 1.82) is 0 Å². The molecule has 0 spiro atoms. The van der Waals surface area contributed by atoms with Gasteiger partial charge in [0.05, 0.1) is 12.7 Å². The van der Waals surface area contributed by atoms with Gasteiger partial charge in [0.25, 0.3) is 6.08 Å². The molecule has 0 aliphatic carbocycles. The number of carbonyl (C=O) groups is 1. The lowest BCUT2D eigenvalue weighted by molar-refractivity contribution is 0.0600. The van der Waals surface area contributed by atoms with Crippen LogP contribution in [0, 0.1) is 0 Å². The van der Waals surface area contributed by atoms with Gasteiger partial charge < -0.3 is 4.74 Å². The Morgan fingerprint density at radius 2 is 1.67 bits per heavy atom. The third kappa shape index (κ3) is 3.75. The zero-order valence-electron chi connectivity index (χ0n) is 11.5. The van der Waals surface area contributed by atoms with Gasteiger partial charge in [0, 0.05) is 12.0 Å². The molecule has 0 aliphatic rings. The number of methoxy groups -OCH3 is 1. The summed E-state index contributed by atoms with van der Waals surface area (Å²) in [7, 11) is 1.28. The molecule has 2 aromatic carbocycles. The highest BCUT2D eigenvalue weighted by Crippen LogP contribution is 2.25. The third-order valence-corrected chi connectivity index (χ3v) is 3.08. The molecule has 4 heteroatoms. The van der Waals surface area contributed by atoms with Crippen molar-refractivity contribution >= 4 is 11.5 Å². The minimum Gasteiger partial charge on any atom is -0.465 e. The van der Waals surface area contributed by atoms with Gasteiger partial charge in [-0.1, -0.05) is 42.5 Å². The van der Waals surface area contributed by atoms with Gasteiger partial charge in [-0.3, -0.25) is 0 Å². The molecule has 0 saturated heterocycles. The second-order valence-corrected chi connectivity index (χ2v) is 4.47. The molecule has 0 heterocycles. The molecule has 2 aromatic rings. The van der Waals surface area contributed by atoms with Crippen LogP contribution in [-0.2, 0) is 11.2 Å². The number of benzene rings is 2. The van der Waals surface area contributed by atoms with Crippen LogP contribution in [0.15, 0.2) is 60.7 Å². The van der Waals surface area contributed by atoms with Crippen molar-refractivity contribution in [3.63, 3.8) is 0 Å². The number of ether oxygens (including phenoxy) is 1. The number of rotatable bonds is 4. The first-order valence-electron chi connectivity index (χ1n) is 6.38. The topological polar surface area (TPSA) is 26.3 Å². The zero-order valence-corrected chi connectivity index (χ0v) is 11.5. The number of halogens is 2. The molecule has 21 heavy (non-hydrogen) atoms. The highest BCUT2D eigenvalue weighted by Gasteiger charge is 2.12. The van der Waals surface area contributed by atoms with Crippen LogP contribution < -0.4 is 0 Å². The van der Waals surface area contributed by atoms with Gasteiger partial charge in [0.1, 0.15) is 0 Å². The van der Waals surface area contributed by atoms with E-state index in [1.54, 1.807) is 54.6 Å². The molecule has 0 amide bonds. The first-order chi connectivity index (χ1) is 10.1. The van der Waals surface area contributed by atoms with E-state index in [9.17, 15) is 13.6 Å². The molecule has 2 rings (SSSR count). The smallest absolute Gasteiger partial charge is 0.337 e. The van der Waals surface area contributed by atoms with Crippen LogP contribution in [0.3, 0.4) is 0 Å². The maximum atomic E-state index is 13.2. The van der Waals surface area contributed by atoms with E-state index >= 15 is 0 Å². The van der Waals surface area contributed by atoms with Crippen LogP contribution in [0.2, 0.25) is 0 Å². The van der Waals surface area contributed by atoms with E-state index in [1.165, 1.54) is 7.11 Å². The summed E-state index contributed by atoms with van der Waals surface area (Å²) in [5, 5.41) is 0. The Labute approximate surface area is 121 Å². The second-order valence-electron chi connectivity index (χ2n) is 4.47. The Morgan fingerprint density at radius 3 is 2.29 bits per heavy atom. The van der Waals surface area contributed by atoms with Gasteiger partial charge in [0.15, 0.2) is 0 Å². The van der Waals surface area contributed by atoms with E-state index in [4.69, 9.17) is 0 Å². The predicted octanol–water partition coefficient (Wildman–Crippen LogP) is 4.32. The molecule has 0 aromatic heterocycles. The average Bonchev–Trinajstić information content (AvgIpc) is 2.52. The molecule has 108 valence electrons. The molecule has 0 atom stereocenters. The minimum absolute atomic E-state index is 0.0439. The first-order valence-corrected chi connectivity index (χ1v) is 6.38. The highest BCUT2D eigenvalue weighted by atomic mass is 19.3. The lowest BCUT2D eigenvalue weighted by atomic mass is 9.98. The zero-order chi connectivity index (χ0) is 15.2. The monoisotopic (exact) mass is 288 g/mol. The van der Waals surface area contributed by atoms with Crippen molar-refractivity contribution in [3.05, 3.63) is 77.4 Å². The Bertz CT molecular complexity index is 660. The van der Waals surface area contributed by atoms with Gasteiger partial charge >= 0.3 is 5.97 Å². The highest BCUT2D eigenvalue weighted by molar-refractivity contribution is 5.89. The quantitative estimate of drug-likeness (QED) is 0.783. The Hall–Kier alpha value is -2.49. The van der Waals surface area contributed by atoms with Crippen LogP contribution in [0.5, 0.6) is 0 Å². The molecule has 0 bridgehead atoms. The van der Waals surface area contributed by atoms with E-state index in [0.29, 0.717) is 16.7 Å². The summed E-state index contributed by atoms with van der Waals surface area (Å²) in [4.78, 5) is 11.5. The van der Waals surface area contributed by atoms with Crippen molar-refractivity contribution in [2.24, 2.45) is 0 Å². The molecule has 0 radical (unpaired) electrons. The largest absolute Gasteiger partial charge is 0.465 e. The van der Waals surface area contributed by atoms with Crippen molar-refractivity contribution in [1.82, 2.24) is 0 Å². The number of carbonyl (C=O) groups excluding carboxylic acids is 1. The summed E-state index contributed by atoms with van der Waals surface area (Å²) in [5.74, 6) is -0.484. The molecule has 0 N–H and O–H groups in total. The van der Waals surface area contributed by atoms with E-state index < -0.39 is 12.0 Å². The molecular weight excluding hydrogens is 274 g/mol. The maximum Gasteiger partial charge on any atom is 0.337 e. The maximum absolute atomic E-state index is 13.2. The van der Waals surface area contributed by atoms with Gasteiger partial charge in [-0.25, -0.2) is 4.79 Å². The van der Waals surface area contributed by atoms with Crippen molar-refractivity contribution in [2.75, 3.05) is 7.11 Å². The SMILES string of the molecule is COC(=O)c1cccc(CC(=C(F)F)c2ccccc2)c1. The summed E-state index contributed by atoms with van der Waals surface area (Å²) in [5.41, 5.74) is 1.41. The Kier molecular flexibility index (Phi) is 4.82. The molecule has 0 fully saturated rings. The van der Waals surface area contributed by atoms with E-state index in [0.717, 1.165) is 0 Å². The summed E-state index contributed by atoms with van der Waals surface area (Å²) >= 11 is 0. The van der Waals surface area contributed by atoms with E-state index in [1.807, 2.05) is 0 Å². The fourth-order valence-electron chi connectivity index (χ4n) is 2.05. The van der Waals surface area contributed by atoms with Gasteiger partial charge in [-0.05, 0) is 23.3 Å². The third-order valence-electron chi connectivity index (χ3n) is 3.08. The van der Waals surface area contributed by atoms with Crippen LogP contribution >= 0.6 is 0 Å². The lowest BCUT2D eigenvalue weighted by Gasteiger charge is -2.08. The number of hydrogen-bond acceptors (Lipinski definition) is 2. The fourth-order valence-corrected chi connectivity index (χ4v) is 2.05. The summed E-state index contributed by atoms with van der Waals surface area (Å²) in [6.45, 7) is 0. The van der Waals surface area contributed by atoms with Crippen molar-refractivity contribution < 1.29 is 18.3 Å². The normalized spacial score (nSPS) is 10.0. The molecule has 2 nitrogen and oxygen atoms in total. The average molecular weight is 288 g/mol. The summed E-state index contributed by atoms with van der Waals surface area (Å²) in [6, 6.07) is 15.0. The molecule has 0 aliphatic heterocycles. The molecular formula is C17H14F2O2. The van der Waals surface area contributed by atoms with E-state index in [2.05, 4.69) is 4.74 Å². The Balaban J connectivity index is 2.31. The molecule has 0 saturated carbocycles. The first kappa shape index (κ1) is 14.9. The fraction of sp³-hybridized carbons (Fsp3) is 0.118. The van der Waals surface area contributed by atoms with Crippen LogP contribution in [0.25, 0.3) is 5.57 Å². The van der Waals surface area contributed by atoms with Crippen molar-refractivity contribution in [3.8, 4) is 0 Å². The summed E-state index contributed by atoms with van der Waals surface area (Å²) in [6.07, 6.45) is -1.67. The number of esters is 1. The van der Waals surface area contributed by atoms with Gasteiger partial charge in [-0.2, -0.15) is 8.78 Å². The minimum atomic E-state index is -1.72. The van der Waals surface area contributed by atoms with Crippen molar-refractivity contribution in [2.45, 2.75) is 6.42 Å². The van der Waals surface area contributed by atoms with Crippen LogP contribution in [0.4, 0.5) is 8.78 Å². The van der Waals surface area contributed by atoms with E-state index in [-0.39, 0.29) is 12.0 Å². The number of hydrogen-bond donors (Lipinski definition) is 0. The van der Waals surface area contributed by atoms with Gasteiger partial charge in [-0.15, -0.1) is 0 Å². The summed E-state index contributed by atoms with van der Waals surface area (Å²) < 4.78 is 31.0. The molecule has 0 unspecified atom stereocenters. The second kappa shape index (κ2) is 6.79. The predicted molar refractivity (Wildman–Crippen MR) is 77.1 cm³/mol. The number of allylic oxidation sites excluding steroid dienone is 1.